The number of rotatable bonds is 7. The number of nitriles is 1. The van der Waals surface area contributed by atoms with Gasteiger partial charge in [-0.2, -0.15) is 5.26 Å². The third kappa shape index (κ3) is 4.73. The van der Waals surface area contributed by atoms with Crippen molar-refractivity contribution in [1.29, 1.82) is 5.26 Å². The molecule has 30 heavy (non-hydrogen) atoms. The minimum Gasteiger partial charge on any atom is -0.337 e. The molecule has 2 rings (SSSR count). The van der Waals surface area contributed by atoms with Crippen LogP contribution in [0.25, 0.3) is 11.0 Å². The molecule has 162 valence electrons. The van der Waals surface area contributed by atoms with E-state index in [0.717, 1.165) is 16.3 Å². The van der Waals surface area contributed by atoms with E-state index in [4.69, 9.17) is 0 Å². The molecule has 0 fully saturated rings. The maximum atomic E-state index is 12.8. The van der Waals surface area contributed by atoms with Crippen molar-refractivity contribution < 1.29 is 4.79 Å². The minimum atomic E-state index is -0.991. The van der Waals surface area contributed by atoms with Crippen LogP contribution >= 0.6 is 11.8 Å². The first-order valence-corrected chi connectivity index (χ1v) is 10.7. The lowest BCUT2D eigenvalue weighted by Crippen LogP contribution is -2.49. The molecule has 0 aliphatic carbocycles. The van der Waals surface area contributed by atoms with Gasteiger partial charge in [0.2, 0.25) is 5.91 Å². The molecule has 1 N–H and O–H groups in total. The quantitative estimate of drug-likeness (QED) is 0.521. The van der Waals surface area contributed by atoms with Crippen molar-refractivity contribution >= 4 is 28.7 Å². The van der Waals surface area contributed by atoms with E-state index in [0.29, 0.717) is 17.4 Å². The Labute approximate surface area is 179 Å². The second kappa shape index (κ2) is 9.00. The van der Waals surface area contributed by atoms with Gasteiger partial charge in [0.25, 0.3) is 5.56 Å². The monoisotopic (exact) mass is 432 g/mol. The molecule has 0 saturated heterocycles. The highest BCUT2D eigenvalue weighted by atomic mass is 32.2. The normalized spacial score (nSPS) is 13.5. The first-order chi connectivity index (χ1) is 13.9. The summed E-state index contributed by atoms with van der Waals surface area (Å²) >= 11 is 1.09. The van der Waals surface area contributed by atoms with Gasteiger partial charge in [-0.15, -0.1) is 0 Å². The van der Waals surface area contributed by atoms with Gasteiger partial charge in [-0.25, -0.2) is 14.8 Å². The zero-order chi connectivity index (χ0) is 22.8. The summed E-state index contributed by atoms with van der Waals surface area (Å²) in [5.74, 6) is 0.132. The molecule has 0 aliphatic heterocycles. The third-order valence-corrected chi connectivity index (χ3v) is 5.91. The Bertz CT molecular complexity index is 1130. The molecule has 1 amide bonds. The molecular formula is C20H28N6O3S. The zero-order valence-corrected chi connectivity index (χ0v) is 19.3. The van der Waals surface area contributed by atoms with Crippen LogP contribution in [0.15, 0.2) is 14.6 Å². The van der Waals surface area contributed by atoms with Gasteiger partial charge >= 0.3 is 5.69 Å². The van der Waals surface area contributed by atoms with Crippen molar-refractivity contribution in [3.63, 3.8) is 0 Å². The van der Waals surface area contributed by atoms with Gasteiger partial charge in [-0.1, -0.05) is 39.5 Å². The van der Waals surface area contributed by atoms with E-state index in [9.17, 15) is 19.6 Å². The van der Waals surface area contributed by atoms with Crippen LogP contribution in [0.3, 0.4) is 0 Å². The van der Waals surface area contributed by atoms with Crippen LogP contribution in [0.4, 0.5) is 0 Å². The molecule has 10 heteroatoms. The van der Waals surface area contributed by atoms with Crippen LogP contribution in [-0.4, -0.2) is 36.3 Å². The van der Waals surface area contributed by atoms with Gasteiger partial charge in [-0.05, 0) is 25.7 Å². The second-order valence-electron chi connectivity index (χ2n) is 8.23. The molecule has 0 aliphatic rings. The number of carbonyl (C=O) groups excluding carboxylic acids is 1. The average Bonchev–Trinajstić information content (AvgIpc) is 2.66. The summed E-state index contributed by atoms with van der Waals surface area (Å²) in [5, 5.41) is 12.7. The summed E-state index contributed by atoms with van der Waals surface area (Å²) in [6.45, 7) is 11.4. The molecule has 0 radical (unpaired) electrons. The Morgan fingerprint density at radius 2 is 1.90 bits per heavy atom. The van der Waals surface area contributed by atoms with Gasteiger partial charge < -0.3 is 5.32 Å². The molecule has 1 unspecified atom stereocenters. The van der Waals surface area contributed by atoms with Gasteiger partial charge in [0.05, 0.1) is 11.8 Å². The lowest BCUT2D eigenvalue weighted by atomic mass is 9.90. The lowest BCUT2D eigenvalue weighted by Gasteiger charge is -2.27. The Balaban J connectivity index is 2.50. The fraction of sp³-hybridized carbons (Fsp3) is 0.600. The smallest absolute Gasteiger partial charge is 0.332 e. The van der Waals surface area contributed by atoms with Crippen LogP contribution in [0, 0.1) is 30.1 Å². The number of carbonyl (C=O) groups is 1. The Hall–Kier alpha value is -2.67. The minimum absolute atomic E-state index is 0.0258. The van der Waals surface area contributed by atoms with E-state index in [1.165, 1.54) is 11.6 Å². The zero-order valence-electron chi connectivity index (χ0n) is 18.4. The van der Waals surface area contributed by atoms with Gasteiger partial charge in [-0.3, -0.25) is 18.7 Å². The topological polar surface area (TPSA) is 123 Å². The Kier molecular flexibility index (Phi) is 7.08. The standard InChI is InChI=1S/C20H28N6O3S/c1-11(2)8-26-16-15(18(28)25(7)19(26)29)17(23-13(5)22-16)30-9-14(27)24-20(6,10-21)12(3)4/h11-12H,8-9H2,1-7H3,(H,24,27). The predicted molar refractivity (Wildman–Crippen MR) is 116 cm³/mol. The highest BCUT2D eigenvalue weighted by molar-refractivity contribution is 8.00. The highest BCUT2D eigenvalue weighted by Gasteiger charge is 2.30. The van der Waals surface area contributed by atoms with Gasteiger partial charge in [0.15, 0.2) is 5.65 Å². The maximum absolute atomic E-state index is 12.8. The molecule has 0 bridgehead atoms. The van der Waals surface area contributed by atoms with Crippen LogP contribution in [0.2, 0.25) is 0 Å². The van der Waals surface area contributed by atoms with Gasteiger partial charge in [0.1, 0.15) is 21.8 Å². The van der Waals surface area contributed by atoms with Crippen LogP contribution < -0.4 is 16.6 Å². The number of aromatic nitrogens is 4. The van der Waals surface area contributed by atoms with Crippen LogP contribution in [0.1, 0.15) is 40.4 Å². The first kappa shape index (κ1) is 23.6. The van der Waals surface area contributed by atoms with Crippen molar-refractivity contribution in [2.75, 3.05) is 5.75 Å². The predicted octanol–water partition coefficient (Wildman–Crippen LogP) is 1.60. The van der Waals surface area contributed by atoms with E-state index in [1.54, 1.807) is 13.8 Å². The van der Waals surface area contributed by atoms with Crippen molar-refractivity contribution in [2.24, 2.45) is 18.9 Å². The van der Waals surface area contributed by atoms with Crippen molar-refractivity contribution in [2.45, 2.75) is 58.7 Å². The van der Waals surface area contributed by atoms with E-state index in [1.807, 2.05) is 27.7 Å². The summed E-state index contributed by atoms with van der Waals surface area (Å²) in [6.07, 6.45) is 0. The number of nitrogens with zero attached hydrogens (tertiary/aromatic N) is 5. The Morgan fingerprint density at radius 3 is 2.43 bits per heavy atom. The molecule has 1 atom stereocenters. The number of aryl methyl sites for hydroxylation is 1. The largest absolute Gasteiger partial charge is 0.337 e. The number of thioether (sulfide) groups is 1. The third-order valence-electron chi connectivity index (χ3n) is 4.93. The van der Waals surface area contributed by atoms with E-state index in [-0.39, 0.29) is 34.5 Å². The molecule has 0 aromatic carbocycles. The van der Waals surface area contributed by atoms with E-state index < -0.39 is 16.8 Å². The fourth-order valence-electron chi connectivity index (χ4n) is 2.84. The summed E-state index contributed by atoms with van der Waals surface area (Å²) in [7, 11) is 1.42. The SMILES string of the molecule is Cc1nc(SCC(=O)NC(C)(C#N)C(C)C)c2c(=O)n(C)c(=O)n(CC(C)C)c2n1. The molecular weight excluding hydrogens is 404 g/mol. The molecule has 0 spiro atoms. The number of nitrogens with one attached hydrogen (secondary N) is 1. The van der Waals surface area contributed by atoms with Crippen molar-refractivity contribution in [3.8, 4) is 6.07 Å². The average molecular weight is 433 g/mol. The van der Waals surface area contributed by atoms with Crippen LogP contribution in [0.5, 0.6) is 0 Å². The number of fused-ring (bicyclic) bond motifs is 1. The molecule has 2 heterocycles. The first-order valence-electron chi connectivity index (χ1n) is 9.74. The van der Waals surface area contributed by atoms with E-state index >= 15 is 0 Å². The Morgan fingerprint density at radius 1 is 1.27 bits per heavy atom. The summed E-state index contributed by atoms with van der Waals surface area (Å²) in [6, 6.07) is 2.14. The molecule has 0 saturated carbocycles. The summed E-state index contributed by atoms with van der Waals surface area (Å²) in [5.41, 5.74) is -1.65. The molecule has 9 nitrogen and oxygen atoms in total. The second-order valence-corrected chi connectivity index (χ2v) is 9.20. The van der Waals surface area contributed by atoms with E-state index in [2.05, 4.69) is 21.4 Å². The van der Waals surface area contributed by atoms with Crippen LogP contribution in [-0.2, 0) is 18.4 Å². The number of amides is 1. The van der Waals surface area contributed by atoms with Crippen molar-refractivity contribution in [3.05, 3.63) is 26.7 Å². The summed E-state index contributed by atoms with van der Waals surface area (Å²) < 4.78 is 2.52. The number of hydrogen-bond acceptors (Lipinski definition) is 7. The lowest BCUT2D eigenvalue weighted by molar-refractivity contribution is -0.120. The molecule has 2 aromatic heterocycles. The van der Waals surface area contributed by atoms with Crippen molar-refractivity contribution in [1.82, 2.24) is 24.4 Å². The maximum Gasteiger partial charge on any atom is 0.332 e. The molecule has 2 aromatic rings. The highest BCUT2D eigenvalue weighted by Crippen LogP contribution is 2.23. The van der Waals surface area contributed by atoms with Gasteiger partial charge in [0, 0.05) is 13.6 Å². The number of hydrogen-bond donors (Lipinski definition) is 1. The summed E-state index contributed by atoms with van der Waals surface area (Å²) in [4.78, 5) is 46.7. The fourth-order valence-corrected chi connectivity index (χ4v) is 3.70.